The Hall–Kier alpha value is -4.46. The zero-order chi connectivity index (χ0) is 24.1. The van der Waals surface area contributed by atoms with Gasteiger partial charge >= 0.3 is 6.03 Å². The first-order valence-corrected chi connectivity index (χ1v) is 10.9. The summed E-state index contributed by atoms with van der Waals surface area (Å²) in [5, 5.41) is 8.41. The first kappa shape index (κ1) is 22.7. The van der Waals surface area contributed by atoms with Crippen LogP contribution < -0.4 is 20.9 Å². The van der Waals surface area contributed by atoms with Gasteiger partial charge < -0.3 is 16.0 Å². The van der Waals surface area contributed by atoms with E-state index in [0.717, 1.165) is 16.0 Å². The molecule has 0 radical (unpaired) electrons. The molecule has 34 heavy (non-hydrogen) atoms. The number of benzene rings is 3. The number of nitrogens with one attached hydrogen (secondary N) is 3. The minimum absolute atomic E-state index is 0.211. The van der Waals surface area contributed by atoms with Crippen LogP contribution >= 0.6 is 0 Å². The lowest BCUT2D eigenvalue weighted by Gasteiger charge is -2.14. The van der Waals surface area contributed by atoms with Crippen molar-refractivity contribution in [3.63, 3.8) is 0 Å². The van der Waals surface area contributed by atoms with Gasteiger partial charge in [0.05, 0.1) is 5.69 Å². The van der Waals surface area contributed by atoms with Crippen LogP contribution in [0.2, 0.25) is 0 Å². The molecule has 8 nitrogen and oxygen atoms in total. The summed E-state index contributed by atoms with van der Waals surface area (Å²) in [6.45, 7) is 2.21. The third kappa shape index (κ3) is 5.47. The summed E-state index contributed by atoms with van der Waals surface area (Å²) >= 11 is 0. The second-order valence-corrected chi connectivity index (χ2v) is 8.00. The maximum absolute atomic E-state index is 12.5. The van der Waals surface area contributed by atoms with Crippen molar-refractivity contribution in [3.05, 3.63) is 89.5 Å². The summed E-state index contributed by atoms with van der Waals surface area (Å²) in [4.78, 5) is 49.7. The molecular formula is C26H24N4O4. The standard InChI is InChI=1S/C26H24N4O4/c1-17-4-2-6-20(14-17)28-26(34)29-21-7-3-5-18(15-21)16-27-25(33)19-8-10-22(11-9-19)30-23(31)12-13-24(30)32/h2-11,14-15H,12-13,16H2,1H3,(H,27,33)(H2,28,29,34). The van der Waals surface area contributed by atoms with Gasteiger partial charge in [0.1, 0.15) is 0 Å². The molecule has 4 rings (SSSR count). The lowest BCUT2D eigenvalue weighted by atomic mass is 10.1. The molecule has 8 heteroatoms. The van der Waals surface area contributed by atoms with Gasteiger partial charge in [-0.2, -0.15) is 0 Å². The van der Waals surface area contributed by atoms with Crippen molar-refractivity contribution in [1.29, 1.82) is 0 Å². The summed E-state index contributed by atoms with van der Waals surface area (Å²) in [5.41, 5.74) is 4.03. The SMILES string of the molecule is Cc1cccc(NC(=O)Nc2cccc(CNC(=O)c3ccc(N4C(=O)CCC4=O)cc3)c2)c1. The van der Waals surface area contributed by atoms with Crippen molar-refractivity contribution >= 4 is 40.8 Å². The molecule has 1 saturated heterocycles. The van der Waals surface area contributed by atoms with E-state index in [2.05, 4.69) is 16.0 Å². The van der Waals surface area contributed by atoms with Crippen LogP contribution in [0.4, 0.5) is 21.9 Å². The highest BCUT2D eigenvalue weighted by Crippen LogP contribution is 2.23. The molecule has 1 aliphatic rings. The van der Waals surface area contributed by atoms with Gasteiger partial charge in [0, 0.05) is 36.3 Å². The lowest BCUT2D eigenvalue weighted by Crippen LogP contribution is -2.28. The molecule has 0 bridgehead atoms. The molecule has 0 spiro atoms. The minimum Gasteiger partial charge on any atom is -0.348 e. The quantitative estimate of drug-likeness (QED) is 0.483. The Kier molecular flexibility index (Phi) is 6.68. The van der Waals surface area contributed by atoms with E-state index in [1.165, 1.54) is 0 Å². The fourth-order valence-electron chi connectivity index (χ4n) is 3.69. The lowest BCUT2D eigenvalue weighted by molar-refractivity contribution is -0.121. The number of carbonyl (C=O) groups excluding carboxylic acids is 4. The second-order valence-electron chi connectivity index (χ2n) is 8.00. The van der Waals surface area contributed by atoms with Gasteiger partial charge in [0.2, 0.25) is 11.8 Å². The first-order chi connectivity index (χ1) is 16.4. The van der Waals surface area contributed by atoms with Crippen LogP contribution in [0.5, 0.6) is 0 Å². The summed E-state index contributed by atoms with van der Waals surface area (Å²) in [7, 11) is 0. The molecule has 1 fully saturated rings. The largest absolute Gasteiger partial charge is 0.348 e. The van der Waals surface area contributed by atoms with Crippen molar-refractivity contribution in [2.75, 3.05) is 15.5 Å². The van der Waals surface area contributed by atoms with E-state index in [4.69, 9.17) is 0 Å². The summed E-state index contributed by atoms with van der Waals surface area (Å²) in [6, 6.07) is 20.7. The number of urea groups is 1. The molecule has 3 N–H and O–H groups in total. The summed E-state index contributed by atoms with van der Waals surface area (Å²) in [5.74, 6) is -0.757. The van der Waals surface area contributed by atoms with E-state index in [1.54, 1.807) is 42.5 Å². The fourth-order valence-corrected chi connectivity index (χ4v) is 3.69. The predicted octanol–water partition coefficient (Wildman–Crippen LogP) is 4.22. The Morgan fingerprint density at radius 3 is 2.09 bits per heavy atom. The number of rotatable bonds is 6. The van der Waals surface area contributed by atoms with Crippen molar-refractivity contribution in [2.24, 2.45) is 0 Å². The Balaban J connectivity index is 1.32. The Labute approximate surface area is 197 Å². The average molecular weight is 457 g/mol. The molecule has 0 aromatic heterocycles. The van der Waals surface area contributed by atoms with Gasteiger partial charge in [0.15, 0.2) is 0 Å². The van der Waals surface area contributed by atoms with Crippen molar-refractivity contribution in [3.8, 4) is 0 Å². The van der Waals surface area contributed by atoms with Gasteiger partial charge in [-0.05, 0) is 66.6 Å². The third-order valence-electron chi connectivity index (χ3n) is 5.35. The molecule has 3 aromatic rings. The van der Waals surface area contributed by atoms with Crippen LogP contribution in [-0.2, 0) is 16.1 Å². The minimum atomic E-state index is -0.359. The predicted molar refractivity (Wildman–Crippen MR) is 130 cm³/mol. The van der Waals surface area contributed by atoms with Crippen LogP contribution in [0.25, 0.3) is 0 Å². The molecule has 5 amide bonds. The van der Waals surface area contributed by atoms with E-state index in [1.807, 2.05) is 37.3 Å². The smallest absolute Gasteiger partial charge is 0.323 e. The fraction of sp³-hybridized carbons (Fsp3) is 0.154. The van der Waals surface area contributed by atoms with Gasteiger partial charge in [-0.15, -0.1) is 0 Å². The summed E-state index contributed by atoms with van der Waals surface area (Å²) < 4.78 is 0. The molecule has 0 unspecified atom stereocenters. The molecule has 0 saturated carbocycles. The molecule has 0 atom stereocenters. The van der Waals surface area contributed by atoms with Gasteiger partial charge in [-0.3, -0.25) is 19.3 Å². The topological polar surface area (TPSA) is 108 Å². The van der Waals surface area contributed by atoms with E-state index in [9.17, 15) is 19.2 Å². The van der Waals surface area contributed by atoms with Crippen LogP contribution in [0.15, 0.2) is 72.8 Å². The number of nitrogens with zero attached hydrogens (tertiary/aromatic N) is 1. The molecule has 1 heterocycles. The number of amides is 5. The second kappa shape index (κ2) is 9.99. The number of imide groups is 1. The van der Waals surface area contributed by atoms with E-state index in [-0.39, 0.29) is 43.1 Å². The maximum atomic E-state index is 12.5. The van der Waals surface area contributed by atoms with Crippen molar-refractivity contribution < 1.29 is 19.2 Å². The molecule has 1 aliphatic heterocycles. The zero-order valence-corrected chi connectivity index (χ0v) is 18.6. The maximum Gasteiger partial charge on any atom is 0.323 e. The monoisotopic (exact) mass is 456 g/mol. The van der Waals surface area contributed by atoms with E-state index >= 15 is 0 Å². The number of carbonyl (C=O) groups is 4. The van der Waals surface area contributed by atoms with E-state index in [0.29, 0.717) is 22.6 Å². The molecular weight excluding hydrogens is 432 g/mol. The highest BCUT2D eigenvalue weighted by Gasteiger charge is 2.30. The number of hydrogen-bond acceptors (Lipinski definition) is 4. The zero-order valence-electron chi connectivity index (χ0n) is 18.6. The third-order valence-corrected chi connectivity index (χ3v) is 5.35. The molecule has 3 aromatic carbocycles. The Morgan fingerprint density at radius 2 is 1.44 bits per heavy atom. The van der Waals surface area contributed by atoms with Crippen LogP contribution in [0, 0.1) is 6.92 Å². The number of hydrogen-bond donors (Lipinski definition) is 3. The molecule has 172 valence electrons. The highest BCUT2D eigenvalue weighted by molar-refractivity contribution is 6.19. The van der Waals surface area contributed by atoms with Crippen molar-refractivity contribution in [2.45, 2.75) is 26.3 Å². The highest BCUT2D eigenvalue weighted by atomic mass is 16.2. The van der Waals surface area contributed by atoms with Gasteiger partial charge in [-0.25, -0.2) is 4.79 Å². The summed E-state index contributed by atoms with van der Waals surface area (Å²) in [6.07, 6.45) is 0.422. The normalized spacial score (nSPS) is 13.0. The Bertz CT molecular complexity index is 1240. The van der Waals surface area contributed by atoms with Crippen LogP contribution in [0.3, 0.4) is 0 Å². The van der Waals surface area contributed by atoms with Crippen LogP contribution in [-0.4, -0.2) is 23.8 Å². The van der Waals surface area contributed by atoms with Gasteiger partial charge in [-0.1, -0.05) is 24.3 Å². The average Bonchev–Trinajstić information content (AvgIpc) is 3.15. The number of aryl methyl sites for hydroxylation is 1. The van der Waals surface area contributed by atoms with E-state index < -0.39 is 0 Å². The number of anilines is 3. The first-order valence-electron chi connectivity index (χ1n) is 10.9. The van der Waals surface area contributed by atoms with Gasteiger partial charge in [0.25, 0.3) is 5.91 Å². The Morgan fingerprint density at radius 1 is 0.824 bits per heavy atom. The van der Waals surface area contributed by atoms with Crippen molar-refractivity contribution in [1.82, 2.24) is 5.32 Å². The molecule has 0 aliphatic carbocycles. The van der Waals surface area contributed by atoms with Crippen LogP contribution in [0.1, 0.15) is 34.3 Å².